The highest BCUT2D eigenvalue weighted by Crippen LogP contribution is 2.07. The molecule has 1 aromatic rings. The summed E-state index contributed by atoms with van der Waals surface area (Å²) < 4.78 is 0. The average molecular weight is 551 g/mol. The second-order valence-corrected chi connectivity index (χ2v) is 8.54. The van der Waals surface area contributed by atoms with Gasteiger partial charge >= 0.3 is 11.9 Å². The average Bonchev–Trinajstić information content (AvgIpc) is 2.84. The van der Waals surface area contributed by atoms with E-state index in [1.165, 1.54) is 0 Å². The van der Waals surface area contributed by atoms with Gasteiger partial charge in [0.2, 0.25) is 23.6 Å². The maximum Gasteiger partial charge on any atom is 0.326 e. The summed E-state index contributed by atoms with van der Waals surface area (Å²) in [6.07, 6.45) is -1.25. The topological polar surface area (TPSA) is 295 Å². The van der Waals surface area contributed by atoms with Crippen LogP contribution in [0.4, 0.5) is 0 Å². The maximum absolute atomic E-state index is 13.2. The summed E-state index contributed by atoms with van der Waals surface area (Å²) >= 11 is 0. The first-order chi connectivity index (χ1) is 18.3. The zero-order valence-corrected chi connectivity index (χ0v) is 21.0. The highest BCUT2D eigenvalue weighted by atomic mass is 16.4. The lowest BCUT2D eigenvalue weighted by Gasteiger charge is -2.25. The number of hydrogen-bond acceptors (Lipinski definition) is 8. The molecular formula is C23H34N8O8. The molecule has 1 rings (SSSR count). The van der Waals surface area contributed by atoms with Gasteiger partial charge in [0, 0.05) is 13.0 Å². The number of guanidine groups is 1. The molecule has 0 aliphatic rings. The molecule has 16 heteroatoms. The number of aliphatic imine (C=N–C) groups is 1. The van der Waals surface area contributed by atoms with Crippen molar-refractivity contribution >= 4 is 41.5 Å². The molecule has 0 heterocycles. The summed E-state index contributed by atoms with van der Waals surface area (Å²) in [5.74, 6) is -6.70. The molecule has 13 N–H and O–H groups in total. The molecule has 0 aliphatic carbocycles. The van der Waals surface area contributed by atoms with Crippen molar-refractivity contribution in [3.8, 4) is 0 Å². The van der Waals surface area contributed by atoms with E-state index in [0.29, 0.717) is 5.56 Å². The van der Waals surface area contributed by atoms with Crippen LogP contribution >= 0.6 is 0 Å². The third kappa shape index (κ3) is 12.9. The number of nitrogens with two attached hydrogens (primary N) is 4. The third-order valence-corrected chi connectivity index (χ3v) is 5.25. The van der Waals surface area contributed by atoms with Crippen LogP contribution in [-0.2, 0) is 35.2 Å². The number of nitrogens with one attached hydrogen (secondary N) is 3. The van der Waals surface area contributed by atoms with Gasteiger partial charge in [-0.05, 0) is 18.4 Å². The number of nitrogens with zero attached hydrogens (tertiary/aromatic N) is 1. The van der Waals surface area contributed by atoms with Crippen LogP contribution in [-0.4, -0.2) is 82.5 Å². The molecule has 0 radical (unpaired) electrons. The predicted octanol–water partition coefficient (Wildman–Crippen LogP) is -3.50. The summed E-state index contributed by atoms with van der Waals surface area (Å²) in [5, 5.41) is 25.3. The number of carbonyl (C=O) groups excluding carboxylic acids is 4. The van der Waals surface area contributed by atoms with Gasteiger partial charge in [-0.3, -0.25) is 29.0 Å². The quantitative estimate of drug-likeness (QED) is 0.0520. The first-order valence-electron chi connectivity index (χ1n) is 11.8. The first kappa shape index (κ1) is 32.3. The molecule has 0 bridgehead atoms. The Morgan fingerprint density at radius 2 is 1.36 bits per heavy atom. The molecule has 1 aromatic carbocycles. The highest BCUT2D eigenvalue weighted by molar-refractivity contribution is 5.95. The van der Waals surface area contributed by atoms with Crippen LogP contribution in [0, 0.1) is 0 Å². The molecule has 0 saturated heterocycles. The predicted molar refractivity (Wildman–Crippen MR) is 138 cm³/mol. The fraction of sp³-hybridized carbons (Fsp3) is 0.435. The first-order valence-corrected chi connectivity index (χ1v) is 11.8. The molecule has 4 amide bonds. The van der Waals surface area contributed by atoms with Crippen LogP contribution in [0.15, 0.2) is 35.3 Å². The number of hydrogen-bond donors (Lipinski definition) is 9. The van der Waals surface area contributed by atoms with Gasteiger partial charge < -0.3 is 49.1 Å². The lowest BCUT2D eigenvalue weighted by atomic mass is 10.0. The molecule has 214 valence electrons. The largest absolute Gasteiger partial charge is 0.481 e. The Bertz CT molecular complexity index is 1060. The summed E-state index contributed by atoms with van der Waals surface area (Å²) in [5.41, 5.74) is 21.9. The van der Waals surface area contributed by atoms with Crippen molar-refractivity contribution in [1.82, 2.24) is 16.0 Å². The van der Waals surface area contributed by atoms with Crippen molar-refractivity contribution in [1.29, 1.82) is 0 Å². The minimum Gasteiger partial charge on any atom is -0.481 e. The molecule has 16 nitrogen and oxygen atoms in total. The number of amides is 4. The smallest absolute Gasteiger partial charge is 0.326 e. The molecule has 0 saturated carbocycles. The van der Waals surface area contributed by atoms with Crippen LogP contribution in [0.5, 0.6) is 0 Å². The second kappa shape index (κ2) is 16.2. The number of aliphatic carboxylic acids is 2. The van der Waals surface area contributed by atoms with Crippen LogP contribution in [0.25, 0.3) is 0 Å². The van der Waals surface area contributed by atoms with Crippen LogP contribution < -0.4 is 38.9 Å². The van der Waals surface area contributed by atoms with Gasteiger partial charge in [0.25, 0.3) is 0 Å². The van der Waals surface area contributed by atoms with E-state index in [2.05, 4.69) is 20.9 Å². The lowest BCUT2D eigenvalue weighted by Crippen LogP contribution is -2.58. The van der Waals surface area contributed by atoms with Gasteiger partial charge in [-0.2, -0.15) is 0 Å². The number of carbonyl (C=O) groups is 6. The highest BCUT2D eigenvalue weighted by Gasteiger charge is 2.31. The maximum atomic E-state index is 13.2. The van der Waals surface area contributed by atoms with Gasteiger partial charge in [0.15, 0.2) is 5.96 Å². The van der Waals surface area contributed by atoms with E-state index in [4.69, 9.17) is 28.0 Å². The number of rotatable bonds is 17. The Balaban J connectivity index is 3.17. The van der Waals surface area contributed by atoms with Crippen LogP contribution in [0.3, 0.4) is 0 Å². The Kier molecular flexibility index (Phi) is 13.4. The fourth-order valence-corrected chi connectivity index (χ4v) is 3.34. The van der Waals surface area contributed by atoms with Gasteiger partial charge in [0.1, 0.15) is 18.1 Å². The molecule has 39 heavy (non-hydrogen) atoms. The number of carboxylic acids is 2. The summed E-state index contributed by atoms with van der Waals surface area (Å²) in [4.78, 5) is 76.1. The normalized spacial score (nSPS) is 13.6. The van der Waals surface area contributed by atoms with Crippen molar-refractivity contribution in [2.24, 2.45) is 27.9 Å². The van der Waals surface area contributed by atoms with E-state index in [1.807, 2.05) is 0 Å². The lowest BCUT2D eigenvalue weighted by molar-refractivity contribution is -0.147. The second-order valence-electron chi connectivity index (χ2n) is 8.54. The van der Waals surface area contributed by atoms with Gasteiger partial charge in [-0.1, -0.05) is 30.3 Å². The molecule has 0 aliphatic heterocycles. The third-order valence-electron chi connectivity index (χ3n) is 5.25. The van der Waals surface area contributed by atoms with E-state index in [0.717, 1.165) is 0 Å². The summed E-state index contributed by atoms with van der Waals surface area (Å²) in [7, 11) is 0. The van der Waals surface area contributed by atoms with Crippen molar-refractivity contribution in [3.63, 3.8) is 0 Å². The Morgan fingerprint density at radius 1 is 0.795 bits per heavy atom. The van der Waals surface area contributed by atoms with Crippen molar-refractivity contribution in [2.45, 2.75) is 56.3 Å². The molecule has 4 atom stereocenters. The summed E-state index contributed by atoms with van der Waals surface area (Å²) in [6.45, 7) is 0.110. The van der Waals surface area contributed by atoms with Crippen molar-refractivity contribution < 1.29 is 39.0 Å². The molecule has 0 spiro atoms. The van der Waals surface area contributed by atoms with E-state index in [1.54, 1.807) is 30.3 Å². The van der Waals surface area contributed by atoms with Crippen LogP contribution in [0.1, 0.15) is 31.2 Å². The van der Waals surface area contributed by atoms with Crippen molar-refractivity contribution in [3.05, 3.63) is 35.9 Å². The van der Waals surface area contributed by atoms with Gasteiger partial charge in [0.05, 0.1) is 18.9 Å². The molecule has 4 unspecified atom stereocenters. The molecular weight excluding hydrogens is 516 g/mol. The van der Waals surface area contributed by atoms with Gasteiger partial charge in [-0.15, -0.1) is 0 Å². The zero-order chi connectivity index (χ0) is 29.5. The SMILES string of the molecule is NC(=O)CC(N)C(=O)NC(CCCN=C(N)N)C(=O)NC(Cc1ccccc1)C(=O)NC(CC(=O)O)C(=O)O. The Labute approximate surface area is 223 Å². The zero-order valence-electron chi connectivity index (χ0n) is 21.0. The van der Waals surface area contributed by atoms with E-state index >= 15 is 0 Å². The Hall–Kier alpha value is -4.73. The van der Waals surface area contributed by atoms with Gasteiger partial charge in [-0.25, -0.2) is 4.79 Å². The Morgan fingerprint density at radius 3 is 1.90 bits per heavy atom. The van der Waals surface area contributed by atoms with Crippen LogP contribution in [0.2, 0.25) is 0 Å². The van der Waals surface area contributed by atoms with Crippen molar-refractivity contribution in [2.75, 3.05) is 6.54 Å². The molecule has 0 fully saturated rings. The molecule has 0 aromatic heterocycles. The number of carboxylic acid groups (broad SMARTS) is 2. The van der Waals surface area contributed by atoms with E-state index in [-0.39, 0.29) is 31.8 Å². The minimum atomic E-state index is -1.76. The van der Waals surface area contributed by atoms with E-state index in [9.17, 15) is 33.9 Å². The summed E-state index contributed by atoms with van der Waals surface area (Å²) in [6, 6.07) is 2.71. The standard InChI is InChI=1S/C23H34N8O8/c24-13(10-17(25)32)19(35)29-14(7-4-8-28-23(26)27)20(36)30-15(9-12-5-2-1-3-6-12)21(37)31-16(22(38)39)11-18(33)34/h1-3,5-6,13-16H,4,7-11,24H2,(H2,25,32)(H,29,35)(H,30,36)(H,31,37)(H,33,34)(H,38,39)(H4,26,27,28). The fourth-order valence-electron chi connectivity index (χ4n) is 3.34. The number of primary amides is 1. The minimum absolute atomic E-state index is 0.00587. The number of benzene rings is 1. The monoisotopic (exact) mass is 550 g/mol. The van der Waals surface area contributed by atoms with E-state index < -0.39 is 72.6 Å².